The smallest absolute Gasteiger partial charge is 0.220 e. The van der Waals surface area contributed by atoms with Crippen molar-refractivity contribution >= 4 is 5.91 Å². The lowest BCUT2D eigenvalue weighted by Crippen LogP contribution is -2.47. The van der Waals surface area contributed by atoms with E-state index in [0.717, 1.165) is 44.6 Å². The topological polar surface area (TPSA) is 68.2 Å². The highest BCUT2D eigenvalue weighted by Crippen LogP contribution is 2.28. The van der Waals surface area contributed by atoms with Gasteiger partial charge in [-0.1, -0.05) is 13.8 Å². The van der Waals surface area contributed by atoms with E-state index in [2.05, 4.69) is 41.2 Å². The first-order chi connectivity index (χ1) is 12.4. The fourth-order valence-electron chi connectivity index (χ4n) is 3.87. The van der Waals surface area contributed by atoms with E-state index in [1.165, 1.54) is 11.3 Å². The quantitative estimate of drug-likeness (QED) is 0.705. The molecular formula is C20H36N4O2. The van der Waals surface area contributed by atoms with Crippen LogP contribution in [0.25, 0.3) is 0 Å². The molecule has 6 nitrogen and oxygen atoms in total. The maximum Gasteiger partial charge on any atom is 0.220 e. The van der Waals surface area contributed by atoms with E-state index in [1.807, 2.05) is 6.92 Å². The minimum atomic E-state index is 0.0731. The number of aryl methyl sites for hydroxylation is 1. The van der Waals surface area contributed by atoms with Gasteiger partial charge in [0.2, 0.25) is 5.91 Å². The predicted octanol–water partition coefficient (Wildman–Crippen LogP) is 2.22. The normalized spacial score (nSPS) is 16.8. The average Bonchev–Trinajstić information content (AvgIpc) is 2.85. The number of piperidine rings is 1. The van der Waals surface area contributed by atoms with E-state index in [4.69, 9.17) is 4.74 Å². The van der Waals surface area contributed by atoms with Crippen LogP contribution in [0.3, 0.4) is 0 Å². The van der Waals surface area contributed by atoms with E-state index in [-0.39, 0.29) is 11.3 Å². The van der Waals surface area contributed by atoms with Crippen LogP contribution in [0.15, 0.2) is 0 Å². The minimum absolute atomic E-state index is 0.0731. The Balaban J connectivity index is 1.87. The zero-order valence-electron chi connectivity index (χ0n) is 17.2. The SMILES string of the molecule is COCC1(CNC(=O)CCc2c(C)nn(CC(C)C)c2C)CCNCC1. The Morgan fingerprint density at radius 1 is 1.35 bits per heavy atom. The van der Waals surface area contributed by atoms with Crippen LogP contribution < -0.4 is 10.6 Å². The Hall–Kier alpha value is -1.40. The van der Waals surface area contributed by atoms with E-state index in [1.54, 1.807) is 7.11 Å². The summed E-state index contributed by atoms with van der Waals surface area (Å²) in [6.07, 6.45) is 3.35. The number of carbonyl (C=O) groups is 1. The molecule has 1 saturated heterocycles. The molecule has 0 aliphatic carbocycles. The van der Waals surface area contributed by atoms with Gasteiger partial charge in [-0.15, -0.1) is 0 Å². The van der Waals surface area contributed by atoms with Crippen molar-refractivity contribution in [2.24, 2.45) is 11.3 Å². The number of rotatable bonds is 9. The molecule has 0 atom stereocenters. The molecule has 0 unspecified atom stereocenters. The van der Waals surface area contributed by atoms with Gasteiger partial charge in [-0.25, -0.2) is 0 Å². The lowest BCUT2D eigenvalue weighted by atomic mass is 9.79. The molecule has 1 aliphatic rings. The average molecular weight is 365 g/mol. The first kappa shape index (κ1) is 20.9. The van der Waals surface area contributed by atoms with Crippen LogP contribution in [0.5, 0.6) is 0 Å². The number of aromatic nitrogens is 2. The first-order valence-electron chi connectivity index (χ1n) is 9.86. The predicted molar refractivity (Wildman–Crippen MR) is 104 cm³/mol. The largest absolute Gasteiger partial charge is 0.384 e. The summed E-state index contributed by atoms with van der Waals surface area (Å²) in [4.78, 5) is 12.4. The number of hydrogen-bond acceptors (Lipinski definition) is 4. The van der Waals surface area contributed by atoms with Crippen molar-refractivity contribution < 1.29 is 9.53 Å². The molecule has 1 aromatic heterocycles. The van der Waals surface area contributed by atoms with Gasteiger partial charge in [-0.3, -0.25) is 9.48 Å². The maximum atomic E-state index is 12.4. The molecule has 2 heterocycles. The van der Waals surface area contributed by atoms with E-state index in [0.29, 0.717) is 25.5 Å². The van der Waals surface area contributed by atoms with Crippen LogP contribution in [0, 0.1) is 25.2 Å². The Morgan fingerprint density at radius 2 is 2.04 bits per heavy atom. The van der Waals surface area contributed by atoms with Crippen molar-refractivity contribution in [2.75, 3.05) is 33.4 Å². The highest BCUT2D eigenvalue weighted by Gasteiger charge is 2.32. The zero-order valence-corrected chi connectivity index (χ0v) is 17.2. The highest BCUT2D eigenvalue weighted by molar-refractivity contribution is 5.76. The van der Waals surface area contributed by atoms with Gasteiger partial charge < -0.3 is 15.4 Å². The molecule has 148 valence electrons. The Bertz CT molecular complexity index is 583. The lowest BCUT2D eigenvalue weighted by Gasteiger charge is -2.37. The van der Waals surface area contributed by atoms with Crippen molar-refractivity contribution in [2.45, 2.75) is 59.9 Å². The van der Waals surface area contributed by atoms with Gasteiger partial charge in [0.1, 0.15) is 0 Å². The summed E-state index contributed by atoms with van der Waals surface area (Å²) in [5, 5.41) is 11.2. The van der Waals surface area contributed by atoms with E-state index < -0.39 is 0 Å². The fraction of sp³-hybridized carbons (Fsp3) is 0.800. The molecule has 0 saturated carbocycles. The molecule has 1 amide bonds. The van der Waals surface area contributed by atoms with Gasteiger partial charge in [0.05, 0.1) is 12.3 Å². The van der Waals surface area contributed by atoms with Crippen LogP contribution in [-0.4, -0.2) is 49.0 Å². The Morgan fingerprint density at radius 3 is 2.65 bits per heavy atom. The number of amides is 1. The monoisotopic (exact) mass is 364 g/mol. The Labute approximate surface area is 158 Å². The van der Waals surface area contributed by atoms with Gasteiger partial charge in [0.25, 0.3) is 0 Å². The lowest BCUT2D eigenvalue weighted by molar-refractivity contribution is -0.122. The van der Waals surface area contributed by atoms with Crippen LogP contribution in [0.4, 0.5) is 0 Å². The third-order valence-electron chi connectivity index (χ3n) is 5.45. The number of carbonyl (C=O) groups excluding carboxylic acids is 1. The second kappa shape index (κ2) is 9.51. The van der Waals surface area contributed by atoms with E-state index in [9.17, 15) is 4.79 Å². The molecule has 2 rings (SSSR count). The molecule has 6 heteroatoms. The summed E-state index contributed by atoms with van der Waals surface area (Å²) < 4.78 is 7.50. The molecule has 1 aromatic rings. The van der Waals surface area contributed by atoms with Crippen LogP contribution >= 0.6 is 0 Å². The second-order valence-electron chi connectivity index (χ2n) is 8.19. The summed E-state index contributed by atoms with van der Waals surface area (Å²) in [7, 11) is 1.74. The second-order valence-corrected chi connectivity index (χ2v) is 8.19. The fourth-order valence-corrected chi connectivity index (χ4v) is 3.87. The van der Waals surface area contributed by atoms with Crippen molar-refractivity contribution in [3.8, 4) is 0 Å². The molecule has 2 N–H and O–H groups in total. The molecule has 26 heavy (non-hydrogen) atoms. The van der Waals surface area contributed by atoms with Gasteiger partial charge in [-0.2, -0.15) is 5.10 Å². The number of ether oxygens (including phenoxy) is 1. The summed E-state index contributed by atoms with van der Waals surface area (Å²) >= 11 is 0. The van der Waals surface area contributed by atoms with Crippen molar-refractivity contribution in [3.05, 3.63) is 17.0 Å². The first-order valence-corrected chi connectivity index (χ1v) is 9.86. The third kappa shape index (κ3) is 5.55. The molecule has 0 aromatic carbocycles. The summed E-state index contributed by atoms with van der Waals surface area (Å²) in [6, 6.07) is 0. The number of methoxy groups -OCH3 is 1. The zero-order chi connectivity index (χ0) is 19.2. The van der Waals surface area contributed by atoms with Crippen LogP contribution in [-0.2, 0) is 22.5 Å². The molecule has 1 aliphatic heterocycles. The summed E-state index contributed by atoms with van der Waals surface area (Å²) in [6.45, 7) is 12.9. The minimum Gasteiger partial charge on any atom is -0.384 e. The van der Waals surface area contributed by atoms with Crippen LogP contribution in [0.2, 0.25) is 0 Å². The van der Waals surface area contributed by atoms with Gasteiger partial charge in [-0.05, 0) is 57.7 Å². The maximum absolute atomic E-state index is 12.4. The summed E-state index contributed by atoms with van der Waals surface area (Å²) in [5.41, 5.74) is 3.53. The standard InChI is InChI=1S/C20H36N4O2/c1-15(2)12-24-17(4)18(16(3)23-24)6-7-19(25)22-13-20(14-26-5)8-10-21-11-9-20/h15,21H,6-14H2,1-5H3,(H,22,25). The van der Waals surface area contributed by atoms with Crippen LogP contribution in [0.1, 0.15) is 50.1 Å². The number of nitrogens with one attached hydrogen (secondary N) is 2. The van der Waals surface area contributed by atoms with Gasteiger partial charge in [0.15, 0.2) is 0 Å². The van der Waals surface area contributed by atoms with Gasteiger partial charge >= 0.3 is 0 Å². The van der Waals surface area contributed by atoms with Crippen molar-refractivity contribution in [1.82, 2.24) is 20.4 Å². The molecule has 0 radical (unpaired) electrons. The molecule has 0 bridgehead atoms. The number of nitrogens with zero attached hydrogens (tertiary/aromatic N) is 2. The number of hydrogen-bond donors (Lipinski definition) is 2. The van der Waals surface area contributed by atoms with E-state index >= 15 is 0 Å². The highest BCUT2D eigenvalue weighted by atomic mass is 16.5. The van der Waals surface area contributed by atoms with Gasteiger partial charge in [0, 0.05) is 37.7 Å². The van der Waals surface area contributed by atoms with Crippen molar-refractivity contribution in [3.63, 3.8) is 0 Å². The van der Waals surface area contributed by atoms with Crippen molar-refractivity contribution in [1.29, 1.82) is 0 Å². The molecule has 0 spiro atoms. The third-order valence-corrected chi connectivity index (χ3v) is 5.45. The molecular weight excluding hydrogens is 328 g/mol. The summed E-state index contributed by atoms with van der Waals surface area (Å²) in [5.74, 6) is 0.681. The molecule has 1 fully saturated rings. The Kier molecular flexibility index (Phi) is 7.65.